The van der Waals surface area contributed by atoms with Gasteiger partial charge in [-0.25, -0.2) is 0 Å². The van der Waals surface area contributed by atoms with Crippen LogP contribution in [-0.2, 0) is 42.8 Å². The Hall–Kier alpha value is -5.64. The van der Waals surface area contributed by atoms with E-state index in [0.717, 1.165) is 44.8 Å². The van der Waals surface area contributed by atoms with Crippen LogP contribution >= 0.6 is 0 Å². The van der Waals surface area contributed by atoms with Crippen molar-refractivity contribution < 1.29 is 19.2 Å². The highest BCUT2D eigenvalue weighted by Gasteiger charge is 2.78. The van der Waals surface area contributed by atoms with E-state index in [-0.39, 0.29) is 23.6 Å². The SMILES string of the molecule is Cc1ccc(C[C@@H]2NC(=O)[C@@H]3C[C@]4([C@@]56C[C@H]7C(=O)N[C@@H](Cc8ccc(C)cc8)C(=O)N7[C@H]5Nc5ccccc56)c5ccccc5N[C@@H]4N3C2=O)cc1. The number of rotatable bonds is 5. The summed E-state index contributed by atoms with van der Waals surface area (Å²) in [6.45, 7) is 4.05. The van der Waals surface area contributed by atoms with E-state index in [0.29, 0.717) is 25.7 Å². The number of anilines is 2. The molecule has 4 saturated heterocycles. The second-order valence-corrected chi connectivity index (χ2v) is 15.6. The summed E-state index contributed by atoms with van der Waals surface area (Å²) in [7, 11) is 0. The van der Waals surface area contributed by atoms with Gasteiger partial charge in [0.05, 0.1) is 10.8 Å². The van der Waals surface area contributed by atoms with Crippen LogP contribution in [0.25, 0.3) is 0 Å². The largest absolute Gasteiger partial charge is 0.364 e. The zero-order chi connectivity index (χ0) is 35.5. The third-order valence-corrected chi connectivity index (χ3v) is 12.9. The molecule has 8 atom stereocenters. The smallest absolute Gasteiger partial charge is 0.247 e. The molecule has 10 rings (SSSR count). The number of piperazine rings is 2. The average Bonchev–Trinajstić information content (AvgIpc) is 3.86. The van der Waals surface area contributed by atoms with E-state index < -0.39 is 47.3 Å². The van der Waals surface area contributed by atoms with Gasteiger partial charge in [-0.05, 0) is 61.1 Å². The van der Waals surface area contributed by atoms with E-state index in [1.165, 1.54) is 0 Å². The summed E-state index contributed by atoms with van der Waals surface area (Å²) in [5.41, 5.74) is 6.26. The maximum atomic E-state index is 14.7. The summed E-state index contributed by atoms with van der Waals surface area (Å²) in [5.74, 6) is -0.626. The van der Waals surface area contributed by atoms with Crippen LogP contribution < -0.4 is 21.3 Å². The lowest BCUT2D eigenvalue weighted by molar-refractivity contribution is -0.149. The Kier molecular flexibility index (Phi) is 6.54. The van der Waals surface area contributed by atoms with Gasteiger partial charge in [0.25, 0.3) is 0 Å². The minimum Gasteiger partial charge on any atom is -0.364 e. The highest BCUT2D eigenvalue weighted by Crippen LogP contribution is 2.68. The molecule has 4 N–H and O–H groups in total. The molecule has 6 aliphatic rings. The first kappa shape index (κ1) is 31.1. The summed E-state index contributed by atoms with van der Waals surface area (Å²) in [4.78, 5) is 61.5. The second kappa shape index (κ2) is 10.9. The highest BCUT2D eigenvalue weighted by molar-refractivity contribution is 6.01. The molecule has 0 bridgehead atoms. The molecule has 0 spiro atoms. The summed E-state index contributed by atoms with van der Waals surface area (Å²) in [5, 5.41) is 13.7. The van der Waals surface area contributed by atoms with Gasteiger partial charge in [0.1, 0.15) is 36.5 Å². The number of hydrogen-bond acceptors (Lipinski definition) is 6. The van der Waals surface area contributed by atoms with Gasteiger partial charge < -0.3 is 31.1 Å². The van der Waals surface area contributed by atoms with Gasteiger partial charge in [0.15, 0.2) is 0 Å². The molecule has 0 aliphatic carbocycles. The van der Waals surface area contributed by atoms with E-state index in [4.69, 9.17) is 0 Å². The minimum absolute atomic E-state index is 0.132. The van der Waals surface area contributed by atoms with E-state index in [9.17, 15) is 19.2 Å². The summed E-state index contributed by atoms with van der Waals surface area (Å²) < 4.78 is 0. The normalized spacial score (nSPS) is 32.1. The number of carbonyl (C=O) groups excluding carboxylic acids is 4. The Morgan fingerprint density at radius 1 is 0.538 bits per heavy atom. The fourth-order valence-electron chi connectivity index (χ4n) is 10.6. The van der Waals surface area contributed by atoms with E-state index in [1.54, 1.807) is 9.80 Å². The Morgan fingerprint density at radius 2 is 0.923 bits per heavy atom. The van der Waals surface area contributed by atoms with Crippen molar-refractivity contribution in [2.24, 2.45) is 0 Å². The molecule has 10 nitrogen and oxygen atoms in total. The quantitative estimate of drug-likeness (QED) is 0.253. The first-order valence-electron chi connectivity index (χ1n) is 18.3. The highest BCUT2D eigenvalue weighted by atomic mass is 16.2. The fraction of sp³-hybridized carbons (Fsp3) is 0.333. The molecule has 262 valence electrons. The zero-order valence-electron chi connectivity index (χ0n) is 29.1. The molecule has 0 saturated carbocycles. The fourth-order valence-corrected chi connectivity index (χ4v) is 10.6. The minimum atomic E-state index is -0.866. The number of carbonyl (C=O) groups is 4. The van der Waals surface area contributed by atoms with Crippen LogP contribution in [0.4, 0.5) is 11.4 Å². The van der Waals surface area contributed by atoms with Crippen molar-refractivity contribution in [3.8, 4) is 0 Å². The summed E-state index contributed by atoms with van der Waals surface area (Å²) >= 11 is 0. The van der Waals surface area contributed by atoms with Gasteiger partial charge >= 0.3 is 0 Å². The third-order valence-electron chi connectivity index (χ3n) is 12.9. The second-order valence-electron chi connectivity index (χ2n) is 15.6. The Morgan fingerprint density at radius 3 is 1.33 bits per heavy atom. The van der Waals surface area contributed by atoms with Crippen molar-refractivity contribution in [3.63, 3.8) is 0 Å². The summed E-state index contributed by atoms with van der Waals surface area (Å²) in [6.07, 6.45) is 0.259. The third kappa shape index (κ3) is 4.06. The maximum Gasteiger partial charge on any atom is 0.247 e. The molecule has 10 heteroatoms. The molecule has 52 heavy (non-hydrogen) atoms. The lowest BCUT2D eigenvalue weighted by Gasteiger charge is -2.48. The average molecular weight is 693 g/mol. The molecule has 6 heterocycles. The predicted octanol–water partition coefficient (Wildman–Crippen LogP) is 3.67. The van der Waals surface area contributed by atoms with E-state index in [1.807, 2.05) is 98.8 Å². The molecule has 4 aromatic rings. The molecule has 4 aromatic carbocycles. The van der Waals surface area contributed by atoms with E-state index >= 15 is 0 Å². The van der Waals surface area contributed by atoms with Gasteiger partial charge in [-0.15, -0.1) is 0 Å². The van der Waals surface area contributed by atoms with Crippen LogP contribution in [0.15, 0.2) is 97.1 Å². The standard InChI is InChI=1S/C42H40N6O4/c1-23-11-15-25(16-12-23)19-31-37(51)47-33(35(49)43-31)21-41(27-7-3-5-9-29(27)45-39(41)47)42-22-34-36(50)44-32(20-26-17-13-24(2)14-18-26)38(52)48(34)40(42)46-30-10-6-4-8-28(30)42/h3-18,31-34,39-40,45-46H,19-22H2,1-2H3,(H,43,49)(H,44,50)/t31-,32-,33-,34-,39+,40+,41-,42+/m0/s1. The van der Waals surface area contributed by atoms with Crippen molar-refractivity contribution in [2.75, 3.05) is 10.6 Å². The maximum absolute atomic E-state index is 14.7. The number of fused-ring (bicyclic) bond motifs is 11. The predicted molar refractivity (Wildman–Crippen MR) is 195 cm³/mol. The Bertz CT molecular complexity index is 2030. The number of amides is 4. The van der Waals surface area contributed by atoms with Crippen LogP contribution in [0.1, 0.15) is 46.2 Å². The van der Waals surface area contributed by atoms with Crippen molar-refractivity contribution in [1.82, 2.24) is 20.4 Å². The van der Waals surface area contributed by atoms with Crippen molar-refractivity contribution >= 4 is 35.0 Å². The number of nitrogens with one attached hydrogen (secondary N) is 4. The number of aryl methyl sites for hydroxylation is 2. The lowest BCUT2D eigenvalue weighted by atomic mass is 9.54. The molecule has 0 radical (unpaired) electrons. The number of nitrogens with zero attached hydrogens (tertiary/aromatic N) is 2. The van der Waals surface area contributed by atoms with Crippen molar-refractivity contribution in [3.05, 3.63) is 130 Å². The van der Waals surface area contributed by atoms with Crippen molar-refractivity contribution in [2.45, 2.75) is 86.9 Å². The van der Waals surface area contributed by atoms with Gasteiger partial charge in [0, 0.05) is 24.2 Å². The van der Waals surface area contributed by atoms with Crippen LogP contribution in [0.2, 0.25) is 0 Å². The van der Waals surface area contributed by atoms with Gasteiger partial charge in [0.2, 0.25) is 23.6 Å². The molecule has 0 aromatic heterocycles. The first-order valence-corrected chi connectivity index (χ1v) is 18.3. The van der Waals surface area contributed by atoms with Gasteiger partial charge in [-0.1, -0.05) is 96.1 Å². The number of hydrogen-bond donors (Lipinski definition) is 4. The zero-order valence-corrected chi connectivity index (χ0v) is 29.1. The Balaban J connectivity index is 1.11. The lowest BCUT2D eigenvalue weighted by Crippen LogP contribution is -2.67. The molecular weight excluding hydrogens is 652 g/mol. The Labute approximate surface area is 302 Å². The van der Waals surface area contributed by atoms with Crippen molar-refractivity contribution in [1.29, 1.82) is 0 Å². The molecule has 4 amide bonds. The number of benzene rings is 4. The van der Waals surface area contributed by atoms with Crippen LogP contribution in [0.5, 0.6) is 0 Å². The molecular formula is C42H40N6O4. The van der Waals surface area contributed by atoms with Crippen LogP contribution in [0, 0.1) is 13.8 Å². The summed E-state index contributed by atoms with van der Waals surface area (Å²) in [6, 6.07) is 29.4. The van der Waals surface area contributed by atoms with Crippen LogP contribution in [-0.4, -0.2) is 69.9 Å². The molecule has 6 aliphatic heterocycles. The number of para-hydroxylation sites is 2. The van der Waals surface area contributed by atoms with Crippen LogP contribution in [0.3, 0.4) is 0 Å². The topological polar surface area (TPSA) is 123 Å². The van der Waals surface area contributed by atoms with E-state index in [2.05, 4.69) is 33.4 Å². The monoisotopic (exact) mass is 692 g/mol. The van der Waals surface area contributed by atoms with Gasteiger partial charge in [-0.2, -0.15) is 0 Å². The first-order chi connectivity index (χ1) is 25.2. The molecule has 4 fully saturated rings. The van der Waals surface area contributed by atoms with Gasteiger partial charge in [-0.3, -0.25) is 19.2 Å². The molecule has 0 unspecified atom stereocenters.